The van der Waals surface area contributed by atoms with Gasteiger partial charge in [-0.2, -0.15) is 28.9 Å². The van der Waals surface area contributed by atoms with Crippen LogP contribution in [0.1, 0.15) is 16.8 Å². The van der Waals surface area contributed by atoms with Gasteiger partial charge >= 0.3 is 0 Å². The largest absolute Gasteiger partial charge is 0.262 e. The second kappa shape index (κ2) is 6.38. The molecule has 0 aliphatic heterocycles. The van der Waals surface area contributed by atoms with Crippen LogP contribution in [0.2, 0.25) is 0 Å². The van der Waals surface area contributed by atoms with Crippen molar-refractivity contribution in [1.82, 2.24) is 9.78 Å². The molecule has 0 saturated heterocycles. The van der Waals surface area contributed by atoms with Gasteiger partial charge in [-0.25, -0.2) is 0 Å². The van der Waals surface area contributed by atoms with Gasteiger partial charge in [0.15, 0.2) is 0 Å². The molecule has 0 N–H and O–H groups in total. The van der Waals surface area contributed by atoms with Gasteiger partial charge in [-0.1, -0.05) is 37.3 Å². The van der Waals surface area contributed by atoms with Crippen molar-refractivity contribution in [2.45, 2.75) is 20.8 Å². The Labute approximate surface area is 139 Å². The Kier molecular flexibility index (Phi) is 4.76. The number of hydrogen-bond donors (Lipinski definition) is 0. The Bertz CT molecular complexity index is 745. The van der Waals surface area contributed by atoms with Gasteiger partial charge < -0.3 is 0 Å². The summed E-state index contributed by atoms with van der Waals surface area (Å²) in [7, 11) is 0. The van der Waals surface area contributed by atoms with Crippen molar-refractivity contribution in [3.63, 3.8) is 0 Å². The molecule has 3 aromatic rings. The van der Waals surface area contributed by atoms with Crippen molar-refractivity contribution in [2.75, 3.05) is 0 Å². The summed E-state index contributed by atoms with van der Waals surface area (Å²) in [5, 5.41) is 4.78. The Balaban J connectivity index is 0.00000161. The average molecular weight is 454 g/mol. The maximum absolute atomic E-state index is 4.78. The fourth-order valence-corrected chi connectivity index (χ4v) is 2.37. The number of nitrogens with zero attached hydrogens (tertiary/aromatic N) is 2. The van der Waals surface area contributed by atoms with Crippen LogP contribution in [0.15, 0.2) is 48.5 Å². The molecule has 21 heavy (non-hydrogen) atoms. The van der Waals surface area contributed by atoms with Crippen molar-refractivity contribution >= 4 is 0 Å². The Hall–Kier alpha value is -1.70. The third kappa shape index (κ3) is 2.99. The molecule has 2 aromatic carbocycles. The summed E-state index contributed by atoms with van der Waals surface area (Å²) in [4.78, 5) is 0. The van der Waals surface area contributed by atoms with Crippen molar-refractivity contribution in [3.05, 3.63) is 71.4 Å². The molecule has 1 radical (unpaired) electrons. The number of hydrogen-bond acceptors (Lipinski definition) is 1. The Morgan fingerprint density at radius 2 is 1.71 bits per heavy atom. The third-order valence-electron chi connectivity index (χ3n) is 3.63. The van der Waals surface area contributed by atoms with Crippen LogP contribution in [0.3, 0.4) is 0 Å². The predicted molar refractivity (Wildman–Crippen MR) is 82.0 cm³/mol. The van der Waals surface area contributed by atoms with E-state index >= 15 is 0 Å². The van der Waals surface area contributed by atoms with E-state index in [4.69, 9.17) is 5.10 Å². The van der Waals surface area contributed by atoms with E-state index in [0.29, 0.717) is 0 Å². The van der Waals surface area contributed by atoms with Crippen LogP contribution < -0.4 is 0 Å². The van der Waals surface area contributed by atoms with Crippen LogP contribution in [0.4, 0.5) is 0 Å². The molecule has 109 valence electrons. The van der Waals surface area contributed by atoms with E-state index < -0.39 is 0 Å². The second-order valence-electron chi connectivity index (χ2n) is 5.09. The van der Waals surface area contributed by atoms with Gasteiger partial charge in [-0.15, -0.1) is 6.07 Å². The third-order valence-corrected chi connectivity index (χ3v) is 3.63. The standard InChI is InChI=1S/C18H17N2.Ir/c1-13-8-7-11-17(12-13)20-15(3)14(2)18(19-20)16-9-5-4-6-10-16;/h4-10,12H,1-3H3;/q-1;. The second-order valence-corrected chi connectivity index (χ2v) is 5.09. The number of rotatable bonds is 2. The van der Waals surface area contributed by atoms with E-state index in [9.17, 15) is 0 Å². The van der Waals surface area contributed by atoms with Gasteiger partial charge in [-0.3, -0.25) is 4.68 Å². The fraction of sp³-hybridized carbons (Fsp3) is 0.167. The maximum Gasteiger partial charge on any atom is 0.0958 e. The van der Waals surface area contributed by atoms with Crippen LogP contribution in [0, 0.1) is 26.8 Å². The van der Waals surface area contributed by atoms with Crippen LogP contribution in [0.25, 0.3) is 16.9 Å². The molecule has 0 bridgehead atoms. The van der Waals surface area contributed by atoms with Crippen LogP contribution in [-0.2, 0) is 20.1 Å². The Morgan fingerprint density at radius 3 is 2.38 bits per heavy atom. The summed E-state index contributed by atoms with van der Waals surface area (Å²) >= 11 is 0. The zero-order valence-corrected chi connectivity index (χ0v) is 14.7. The van der Waals surface area contributed by atoms with Gasteiger partial charge in [0, 0.05) is 31.4 Å². The molecular weight excluding hydrogens is 436 g/mol. The van der Waals surface area contributed by atoms with Crippen LogP contribution >= 0.6 is 0 Å². The predicted octanol–water partition coefficient (Wildman–Crippen LogP) is 4.26. The van der Waals surface area contributed by atoms with Crippen molar-refractivity contribution in [3.8, 4) is 16.9 Å². The molecule has 0 unspecified atom stereocenters. The molecule has 3 heteroatoms. The molecule has 3 rings (SSSR count). The summed E-state index contributed by atoms with van der Waals surface area (Å²) in [6.45, 7) is 6.31. The van der Waals surface area contributed by atoms with E-state index in [1.54, 1.807) is 0 Å². The van der Waals surface area contributed by atoms with E-state index in [0.717, 1.165) is 22.6 Å². The zero-order valence-electron chi connectivity index (χ0n) is 12.3. The minimum Gasteiger partial charge on any atom is -0.262 e. The maximum atomic E-state index is 4.78. The Morgan fingerprint density at radius 1 is 1.00 bits per heavy atom. The molecule has 1 heterocycles. The first-order valence-electron chi connectivity index (χ1n) is 6.77. The van der Waals surface area contributed by atoms with Gasteiger partial charge in [0.2, 0.25) is 0 Å². The summed E-state index contributed by atoms with van der Waals surface area (Å²) in [5.74, 6) is 0. The molecule has 0 saturated carbocycles. The average Bonchev–Trinajstić information content (AvgIpc) is 2.76. The minimum atomic E-state index is 0. The molecule has 0 spiro atoms. The van der Waals surface area contributed by atoms with E-state index in [-0.39, 0.29) is 20.1 Å². The van der Waals surface area contributed by atoms with Crippen molar-refractivity contribution in [2.24, 2.45) is 0 Å². The summed E-state index contributed by atoms with van der Waals surface area (Å²) < 4.78 is 1.98. The summed E-state index contributed by atoms with van der Waals surface area (Å²) in [6, 6.07) is 19.7. The molecular formula is C18H17IrN2-. The van der Waals surface area contributed by atoms with Crippen molar-refractivity contribution < 1.29 is 20.1 Å². The molecule has 0 aliphatic carbocycles. The topological polar surface area (TPSA) is 17.8 Å². The van der Waals surface area contributed by atoms with Crippen LogP contribution in [0.5, 0.6) is 0 Å². The molecule has 0 aliphatic rings. The first-order valence-corrected chi connectivity index (χ1v) is 6.77. The van der Waals surface area contributed by atoms with E-state index in [2.05, 4.69) is 45.0 Å². The molecule has 0 fully saturated rings. The van der Waals surface area contributed by atoms with Gasteiger partial charge in [-0.05, 0) is 25.1 Å². The fourth-order valence-electron chi connectivity index (χ4n) is 2.37. The van der Waals surface area contributed by atoms with Gasteiger partial charge in [0.05, 0.1) is 5.69 Å². The van der Waals surface area contributed by atoms with Gasteiger partial charge in [0.25, 0.3) is 0 Å². The van der Waals surface area contributed by atoms with Crippen molar-refractivity contribution in [1.29, 1.82) is 0 Å². The van der Waals surface area contributed by atoms with E-state index in [1.165, 1.54) is 11.1 Å². The molecule has 0 amide bonds. The molecule has 1 aromatic heterocycles. The first-order chi connectivity index (χ1) is 9.66. The van der Waals surface area contributed by atoms with E-state index in [1.807, 2.05) is 35.0 Å². The SMILES string of the molecule is Cc1cc[c-]c(-n2nc(-c3ccccc3)c(C)c2C)c1.[Ir]. The molecule has 0 atom stereocenters. The quantitative estimate of drug-likeness (QED) is 0.530. The first kappa shape index (κ1) is 15.7. The molecule has 2 nitrogen and oxygen atoms in total. The summed E-state index contributed by atoms with van der Waals surface area (Å²) in [6.07, 6.45) is 0. The number of aryl methyl sites for hydroxylation is 1. The zero-order chi connectivity index (χ0) is 14.1. The monoisotopic (exact) mass is 454 g/mol. The van der Waals surface area contributed by atoms with Gasteiger partial charge in [0.1, 0.15) is 0 Å². The minimum absolute atomic E-state index is 0. The number of aromatic nitrogens is 2. The van der Waals surface area contributed by atoms with Crippen LogP contribution in [-0.4, -0.2) is 9.78 Å². The normalized spacial score (nSPS) is 10.2. The number of benzene rings is 2. The smallest absolute Gasteiger partial charge is 0.0958 e. The summed E-state index contributed by atoms with van der Waals surface area (Å²) in [5.41, 5.74) is 6.77.